The molecule has 0 aliphatic heterocycles. The zero-order valence-electron chi connectivity index (χ0n) is 11.7. The van der Waals surface area contributed by atoms with Crippen LogP contribution in [0.5, 0.6) is 0 Å². The topological polar surface area (TPSA) is 110 Å². The van der Waals surface area contributed by atoms with Gasteiger partial charge >= 0.3 is 11.9 Å². The molecule has 2 unspecified atom stereocenters. The molecule has 0 saturated carbocycles. The van der Waals surface area contributed by atoms with Crippen LogP contribution in [0, 0.1) is 11.8 Å². The number of carbonyl (C=O) groups excluding carboxylic acids is 3. The Balaban J connectivity index is 2.53. The van der Waals surface area contributed by atoms with Gasteiger partial charge in [-0.3, -0.25) is 14.4 Å². The van der Waals surface area contributed by atoms with Crippen LogP contribution in [0.15, 0.2) is 12.2 Å². The lowest BCUT2D eigenvalue weighted by atomic mass is 9.97. The van der Waals surface area contributed by atoms with Crippen molar-refractivity contribution in [3.63, 3.8) is 0 Å². The molecule has 0 bridgehead atoms. The molecule has 1 rings (SSSR count). The lowest BCUT2D eigenvalue weighted by Gasteiger charge is -2.17. The summed E-state index contributed by atoms with van der Waals surface area (Å²) in [6, 6.07) is -1.02. The van der Waals surface area contributed by atoms with Crippen LogP contribution in [0.1, 0.15) is 6.92 Å². The lowest BCUT2D eigenvalue weighted by Crippen LogP contribution is -2.41. The van der Waals surface area contributed by atoms with Gasteiger partial charge in [-0.05, 0) is 6.08 Å². The zero-order chi connectivity index (χ0) is 16.0. The van der Waals surface area contributed by atoms with Crippen molar-refractivity contribution in [1.82, 2.24) is 5.32 Å². The molecule has 0 saturated heterocycles. The van der Waals surface area contributed by atoms with Gasteiger partial charge in [0.15, 0.2) is 5.78 Å². The van der Waals surface area contributed by atoms with E-state index in [1.165, 1.54) is 37.9 Å². The molecule has 0 heterocycles. The number of rotatable bonds is 7. The molecular weight excluding hydrogens is 298 g/mol. The first kappa shape index (κ1) is 17.2. The standard InChI is InChI=1S/C13H17NO6S/c1-7(15)14-10(12(17)18)6-21-5-9-8(13(19)20-2)3-4-11(9)16/h3-4,8-10H,5-6H2,1-2H3,(H,14,15)(H,17,18)/t8?,9?,10-/m0/s1. The van der Waals surface area contributed by atoms with E-state index >= 15 is 0 Å². The van der Waals surface area contributed by atoms with Crippen LogP contribution >= 0.6 is 11.8 Å². The van der Waals surface area contributed by atoms with E-state index < -0.39 is 35.7 Å². The molecule has 0 fully saturated rings. The molecule has 2 N–H and O–H groups in total. The third-order valence-electron chi connectivity index (χ3n) is 3.00. The molecule has 0 radical (unpaired) electrons. The summed E-state index contributed by atoms with van der Waals surface area (Å²) in [5, 5.41) is 11.3. The van der Waals surface area contributed by atoms with E-state index in [0.717, 1.165) is 0 Å². The van der Waals surface area contributed by atoms with Crippen molar-refractivity contribution in [3.05, 3.63) is 12.2 Å². The van der Waals surface area contributed by atoms with Gasteiger partial charge in [-0.25, -0.2) is 4.79 Å². The number of allylic oxidation sites excluding steroid dienone is 1. The van der Waals surface area contributed by atoms with Crippen LogP contribution in [0.4, 0.5) is 0 Å². The molecule has 1 amide bonds. The zero-order valence-corrected chi connectivity index (χ0v) is 12.5. The van der Waals surface area contributed by atoms with Crippen molar-refractivity contribution < 1.29 is 29.0 Å². The van der Waals surface area contributed by atoms with Crippen LogP contribution in [-0.2, 0) is 23.9 Å². The molecule has 1 aliphatic rings. The number of hydrogen-bond acceptors (Lipinski definition) is 6. The average Bonchev–Trinajstić information content (AvgIpc) is 2.77. The number of thioether (sulfide) groups is 1. The Labute approximate surface area is 126 Å². The maximum Gasteiger partial charge on any atom is 0.327 e. The monoisotopic (exact) mass is 315 g/mol. The lowest BCUT2D eigenvalue weighted by molar-refractivity contribution is -0.146. The second kappa shape index (κ2) is 7.82. The quantitative estimate of drug-likeness (QED) is 0.629. The van der Waals surface area contributed by atoms with Crippen LogP contribution in [-0.4, -0.2) is 53.4 Å². The number of carboxylic acid groups (broad SMARTS) is 1. The maximum atomic E-state index is 11.7. The summed E-state index contributed by atoms with van der Waals surface area (Å²) in [5.74, 6) is -3.01. The van der Waals surface area contributed by atoms with Gasteiger partial charge in [-0.1, -0.05) is 6.08 Å². The van der Waals surface area contributed by atoms with Gasteiger partial charge in [-0.15, -0.1) is 0 Å². The number of ketones is 1. The third kappa shape index (κ3) is 4.89. The molecule has 7 nitrogen and oxygen atoms in total. The molecule has 0 spiro atoms. The number of amides is 1. The van der Waals surface area contributed by atoms with Crippen molar-refractivity contribution in [2.24, 2.45) is 11.8 Å². The van der Waals surface area contributed by atoms with E-state index in [4.69, 9.17) is 5.11 Å². The molecule has 8 heteroatoms. The van der Waals surface area contributed by atoms with Crippen molar-refractivity contribution in [2.45, 2.75) is 13.0 Å². The normalized spacial score (nSPS) is 21.9. The van der Waals surface area contributed by atoms with Crippen molar-refractivity contribution in [1.29, 1.82) is 0 Å². The molecule has 3 atom stereocenters. The summed E-state index contributed by atoms with van der Waals surface area (Å²) in [4.78, 5) is 45.1. The van der Waals surface area contributed by atoms with Gasteiger partial charge in [-0.2, -0.15) is 11.8 Å². The first-order valence-corrected chi connectivity index (χ1v) is 7.39. The Morgan fingerprint density at radius 2 is 2.14 bits per heavy atom. The highest BCUT2D eigenvalue weighted by molar-refractivity contribution is 7.99. The fourth-order valence-corrected chi connectivity index (χ4v) is 3.15. The summed E-state index contributed by atoms with van der Waals surface area (Å²) in [7, 11) is 1.25. The van der Waals surface area contributed by atoms with E-state index in [0.29, 0.717) is 0 Å². The number of esters is 1. The predicted molar refractivity (Wildman–Crippen MR) is 75.7 cm³/mol. The fourth-order valence-electron chi connectivity index (χ4n) is 1.93. The Morgan fingerprint density at radius 1 is 1.48 bits per heavy atom. The average molecular weight is 315 g/mol. The van der Waals surface area contributed by atoms with Gasteiger partial charge in [0.05, 0.1) is 13.0 Å². The molecular formula is C13H17NO6S. The van der Waals surface area contributed by atoms with E-state index in [2.05, 4.69) is 10.1 Å². The number of ether oxygens (including phenoxy) is 1. The van der Waals surface area contributed by atoms with Crippen LogP contribution in [0.25, 0.3) is 0 Å². The maximum absolute atomic E-state index is 11.7. The minimum atomic E-state index is -1.14. The number of aliphatic carboxylic acids is 1. The van der Waals surface area contributed by atoms with Gasteiger partial charge in [0.1, 0.15) is 6.04 Å². The SMILES string of the molecule is COC(=O)C1C=CC(=O)C1CSC[C@H](NC(C)=O)C(=O)O. The number of carboxylic acids is 1. The number of carbonyl (C=O) groups is 4. The van der Waals surface area contributed by atoms with Gasteiger partial charge in [0.2, 0.25) is 5.91 Å². The highest BCUT2D eigenvalue weighted by atomic mass is 32.2. The van der Waals surface area contributed by atoms with Crippen LogP contribution in [0.3, 0.4) is 0 Å². The van der Waals surface area contributed by atoms with Crippen LogP contribution < -0.4 is 5.32 Å². The van der Waals surface area contributed by atoms with E-state index in [9.17, 15) is 19.2 Å². The van der Waals surface area contributed by atoms with E-state index in [1.54, 1.807) is 0 Å². The summed E-state index contributed by atoms with van der Waals surface area (Å²) >= 11 is 1.20. The van der Waals surface area contributed by atoms with Gasteiger partial charge in [0, 0.05) is 24.3 Å². The first-order valence-electron chi connectivity index (χ1n) is 6.24. The van der Waals surface area contributed by atoms with E-state index in [-0.39, 0.29) is 17.3 Å². The summed E-state index contributed by atoms with van der Waals surface area (Å²) in [5.41, 5.74) is 0. The smallest absolute Gasteiger partial charge is 0.327 e. The minimum Gasteiger partial charge on any atom is -0.480 e. The van der Waals surface area contributed by atoms with E-state index in [1.807, 2.05) is 0 Å². The third-order valence-corrected chi connectivity index (χ3v) is 4.16. The van der Waals surface area contributed by atoms with Gasteiger partial charge in [0.25, 0.3) is 0 Å². The highest BCUT2D eigenvalue weighted by Crippen LogP contribution is 2.27. The summed E-state index contributed by atoms with van der Waals surface area (Å²) in [6.07, 6.45) is 2.84. The Kier molecular flexibility index (Phi) is 6.41. The molecule has 0 aromatic heterocycles. The Hall–Kier alpha value is -1.83. The molecule has 21 heavy (non-hydrogen) atoms. The highest BCUT2D eigenvalue weighted by Gasteiger charge is 2.36. The number of hydrogen-bond donors (Lipinski definition) is 2. The minimum absolute atomic E-state index is 0.118. The Bertz CT molecular complexity index is 475. The largest absolute Gasteiger partial charge is 0.480 e. The van der Waals surface area contributed by atoms with Crippen molar-refractivity contribution in [3.8, 4) is 0 Å². The first-order chi connectivity index (χ1) is 9.86. The van der Waals surface area contributed by atoms with Crippen molar-refractivity contribution >= 4 is 35.4 Å². The predicted octanol–water partition coefficient (Wildman–Crippen LogP) is -0.147. The fraction of sp³-hybridized carbons (Fsp3) is 0.538. The second-order valence-electron chi connectivity index (χ2n) is 4.55. The number of methoxy groups -OCH3 is 1. The molecule has 116 valence electrons. The molecule has 0 aromatic rings. The second-order valence-corrected chi connectivity index (χ2v) is 5.62. The summed E-state index contributed by atoms with van der Waals surface area (Å²) in [6.45, 7) is 1.23. The van der Waals surface area contributed by atoms with Crippen LogP contribution in [0.2, 0.25) is 0 Å². The Morgan fingerprint density at radius 3 is 2.67 bits per heavy atom. The molecule has 0 aromatic carbocycles. The number of nitrogens with one attached hydrogen (secondary N) is 1. The van der Waals surface area contributed by atoms with Gasteiger partial charge < -0.3 is 15.2 Å². The van der Waals surface area contributed by atoms with Crippen molar-refractivity contribution in [2.75, 3.05) is 18.6 Å². The summed E-state index contributed by atoms with van der Waals surface area (Å²) < 4.78 is 4.63. The molecule has 1 aliphatic carbocycles.